The van der Waals surface area contributed by atoms with E-state index in [9.17, 15) is 9.59 Å². The highest BCUT2D eigenvalue weighted by Gasteiger charge is 2.41. The number of aryl methyl sites for hydroxylation is 2. The van der Waals surface area contributed by atoms with E-state index < -0.39 is 0 Å². The minimum atomic E-state index is -0.293. The molecule has 3 aliphatic rings. The summed E-state index contributed by atoms with van der Waals surface area (Å²) in [6.45, 7) is 3.90. The van der Waals surface area contributed by atoms with Crippen molar-refractivity contribution in [3.8, 4) is 5.75 Å². The molecule has 6 heteroatoms. The van der Waals surface area contributed by atoms with Gasteiger partial charge >= 0.3 is 5.97 Å². The molecule has 6 nitrogen and oxygen atoms in total. The standard InChI is InChI=1S/C25H32O6/c1-16-8-9-17(2)21(12-16)31-23-14-29-22-13-19(10-11-20(22)25(23)27)28-15-24(26)30-18-6-4-3-5-7-18/h8-9,12,14,18-20,22H,3-7,10-11,13,15H2,1-2H3. The van der Waals surface area contributed by atoms with Crippen molar-refractivity contribution in [1.82, 2.24) is 0 Å². The van der Waals surface area contributed by atoms with E-state index in [-0.39, 0.29) is 48.3 Å². The summed E-state index contributed by atoms with van der Waals surface area (Å²) in [6, 6.07) is 5.91. The smallest absolute Gasteiger partial charge is 0.332 e. The van der Waals surface area contributed by atoms with Gasteiger partial charge in [0.25, 0.3) is 0 Å². The first-order valence-electron chi connectivity index (χ1n) is 11.5. The van der Waals surface area contributed by atoms with Gasteiger partial charge in [0.15, 0.2) is 0 Å². The lowest BCUT2D eigenvalue weighted by molar-refractivity contribution is -0.161. The fraction of sp³-hybridized carbons (Fsp3) is 0.600. The van der Waals surface area contributed by atoms with Gasteiger partial charge in [0.05, 0.1) is 12.0 Å². The van der Waals surface area contributed by atoms with Crippen LogP contribution in [0.1, 0.15) is 62.5 Å². The highest BCUT2D eigenvalue weighted by molar-refractivity contribution is 5.96. The van der Waals surface area contributed by atoms with Crippen LogP contribution in [-0.4, -0.2) is 36.7 Å². The molecule has 0 amide bonds. The second-order valence-corrected chi connectivity index (χ2v) is 8.99. The number of carbonyl (C=O) groups excluding carboxylic acids is 2. The Labute approximate surface area is 183 Å². The maximum absolute atomic E-state index is 13.0. The van der Waals surface area contributed by atoms with Gasteiger partial charge in [-0.3, -0.25) is 4.79 Å². The third-order valence-corrected chi connectivity index (χ3v) is 6.52. The number of esters is 1. The van der Waals surface area contributed by atoms with Crippen LogP contribution < -0.4 is 4.74 Å². The topological polar surface area (TPSA) is 71.1 Å². The molecule has 1 aliphatic heterocycles. The summed E-state index contributed by atoms with van der Waals surface area (Å²) in [5.41, 5.74) is 2.04. The van der Waals surface area contributed by atoms with E-state index >= 15 is 0 Å². The number of ether oxygens (including phenoxy) is 4. The van der Waals surface area contributed by atoms with Crippen LogP contribution in [0.15, 0.2) is 30.2 Å². The van der Waals surface area contributed by atoms with Crippen molar-refractivity contribution in [2.24, 2.45) is 5.92 Å². The number of ketones is 1. The molecule has 1 heterocycles. The van der Waals surface area contributed by atoms with Gasteiger partial charge in [-0.25, -0.2) is 4.79 Å². The number of hydrogen-bond donors (Lipinski definition) is 0. The molecule has 0 bridgehead atoms. The van der Waals surface area contributed by atoms with E-state index in [0.717, 1.165) is 36.8 Å². The molecule has 0 aromatic heterocycles. The lowest BCUT2D eigenvalue weighted by Crippen LogP contribution is -2.43. The molecule has 0 spiro atoms. The summed E-state index contributed by atoms with van der Waals surface area (Å²) in [4.78, 5) is 25.1. The molecule has 4 rings (SSSR count). The second-order valence-electron chi connectivity index (χ2n) is 8.99. The molecule has 168 valence electrons. The first-order valence-corrected chi connectivity index (χ1v) is 11.5. The Hall–Kier alpha value is -2.34. The number of rotatable bonds is 6. The van der Waals surface area contributed by atoms with Crippen LogP contribution in [0.5, 0.6) is 5.75 Å². The van der Waals surface area contributed by atoms with Crippen molar-refractivity contribution in [1.29, 1.82) is 0 Å². The number of carbonyl (C=O) groups is 2. The number of benzene rings is 1. The summed E-state index contributed by atoms with van der Waals surface area (Å²) in [5.74, 6) is 0.380. The van der Waals surface area contributed by atoms with Crippen LogP contribution in [0.3, 0.4) is 0 Å². The zero-order valence-corrected chi connectivity index (χ0v) is 18.4. The molecule has 31 heavy (non-hydrogen) atoms. The van der Waals surface area contributed by atoms with Gasteiger partial charge in [-0.2, -0.15) is 0 Å². The second kappa shape index (κ2) is 9.86. The van der Waals surface area contributed by atoms with Gasteiger partial charge in [0.1, 0.15) is 30.8 Å². The molecular formula is C25H32O6. The zero-order valence-electron chi connectivity index (χ0n) is 18.4. The quantitative estimate of drug-likeness (QED) is 0.619. The molecule has 3 unspecified atom stereocenters. The van der Waals surface area contributed by atoms with Crippen LogP contribution in [0, 0.1) is 19.8 Å². The summed E-state index contributed by atoms with van der Waals surface area (Å²) in [5, 5.41) is 0. The highest BCUT2D eigenvalue weighted by atomic mass is 16.6. The largest absolute Gasteiger partial charge is 0.493 e. The average molecular weight is 429 g/mol. The summed E-state index contributed by atoms with van der Waals surface area (Å²) < 4.78 is 23.1. The van der Waals surface area contributed by atoms with E-state index in [1.54, 1.807) is 0 Å². The number of allylic oxidation sites excluding steroid dienone is 1. The molecule has 0 saturated heterocycles. The monoisotopic (exact) mass is 428 g/mol. The van der Waals surface area contributed by atoms with E-state index in [0.29, 0.717) is 25.0 Å². The van der Waals surface area contributed by atoms with Crippen LogP contribution in [-0.2, 0) is 23.8 Å². The maximum Gasteiger partial charge on any atom is 0.332 e. The van der Waals surface area contributed by atoms with Crippen molar-refractivity contribution in [3.63, 3.8) is 0 Å². The van der Waals surface area contributed by atoms with E-state index in [1.807, 2.05) is 32.0 Å². The molecule has 1 aromatic carbocycles. The Kier molecular flexibility index (Phi) is 6.96. The molecule has 2 saturated carbocycles. The lowest BCUT2D eigenvalue weighted by atomic mass is 9.80. The van der Waals surface area contributed by atoms with Crippen molar-refractivity contribution in [2.75, 3.05) is 6.61 Å². The van der Waals surface area contributed by atoms with E-state index in [2.05, 4.69) is 0 Å². The average Bonchev–Trinajstić information content (AvgIpc) is 2.77. The summed E-state index contributed by atoms with van der Waals surface area (Å²) in [6.07, 6.45) is 8.45. The minimum Gasteiger partial charge on any atom is -0.493 e. The first-order chi connectivity index (χ1) is 15.0. The van der Waals surface area contributed by atoms with Crippen LogP contribution in [0.4, 0.5) is 0 Å². The first kappa shape index (κ1) is 21.9. The van der Waals surface area contributed by atoms with Crippen LogP contribution in [0.25, 0.3) is 0 Å². The summed E-state index contributed by atoms with van der Waals surface area (Å²) >= 11 is 0. The van der Waals surface area contributed by atoms with Gasteiger partial charge in [-0.05, 0) is 69.6 Å². The number of fused-ring (bicyclic) bond motifs is 1. The fourth-order valence-electron chi connectivity index (χ4n) is 4.68. The Balaban J connectivity index is 1.28. The molecule has 1 aromatic rings. The molecule has 0 radical (unpaired) electrons. The number of hydrogen-bond acceptors (Lipinski definition) is 6. The van der Waals surface area contributed by atoms with Crippen molar-refractivity contribution >= 4 is 11.8 Å². The number of Topliss-reactive ketones (excluding diaryl/α,β-unsaturated/α-hetero) is 1. The Bertz CT molecular complexity index is 838. The molecule has 2 aliphatic carbocycles. The SMILES string of the molecule is Cc1ccc(C)c(OC2=COC3CC(OCC(=O)OC4CCCCC4)CCC3C2=O)c1. The van der Waals surface area contributed by atoms with Gasteiger partial charge in [0.2, 0.25) is 11.5 Å². The predicted octanol–water partition coefficient (Wildman–Crippen LogP) is 4.55. The minimum absolute atomic E-state index is 0.0210. The van der Waals surface area contributed by atoms with Crippen molar-refractivity contribution < 1.29 is 28.5 Å². The summed E-state index contributed by atoms with van der Waals surface area (Å²) in [7, 11) is 0. The van der Waals surface area contributed by atoms with Gasteiger partial charge in [-0.1, -0.05) is 18.6 Å². The van der Waals surface area contributed by atoms with Crippen LogP contribution >= 0.6 is 0 Å². The molecule has 0 N–H and O–H groups in total. The molecular weight excluding hydrogens is 396 g/mol. The zero-order chi connectivity index (χ0) is 21.8. The Morgan fingerprint density at radius 1 is 1.06 bits per heavy atom. The van der Waals surface area contributed by atoms with E-state index in [4.69, 9.17) is 18.9 Å². The highest BCUT2D eigenvalue weighted by Crippen LogP contribution is 2.35. The third kappa shape index (κ3) is 5.48. The van der Waals surface area contributed by atoms with E-state index in [1.165, 1.54) is 12.7 Å². The fourth-order valence-corrected chi connectivity index (χ4v) is 4.68. The van der Waals surface area contributed by atoms with Gasteiger partial charge < -0.3 is 18.9 Å². The van der Waals surface area contributed by atoms with Gasteiger partial charge in [-0.15, -0.1) is 0 Å². The lowest BCUT2D eigenvalue weighted by Gasteiger charge is -2.37. The Morgan fingerprint density at radius 3 is 2.68 bits per heavy atom. The van der Waals surface area contributed by atoms with Crippen molar-refractivity contribution in [3.05, 3.63) is 41.3 Å². The maximum atomic E-state index is 13.0. The van der Waals surface area contributed by atoms with Crippen molar-refractivity contribution in [2.45, 2.75) is 83.5 Å². The molecule has 2 fully saturated rings. The molecule has 3 atom stereocenters. The Morgan fingerprint density at radius 2 is 1.87 bits per heavy atom. The normalized spacial score (nSPS) is 26.5. The van der Waals surface area contributed by atoms with Gasteiger partial charge in [0, 0.05) is 6.42 Å². The third-order valence-electron chi connectivity index (χ3n) is 6.52. The predicted molar refractivity (Wildman–Crippen MR) is 115 cm³/mol. The van der Waals surface area contributed by atoms with Crippen LogP contribution in [0.2, 0.25) is 0 Å².